The van der Waals surface area contributed by atoms with Gasteiger partial charge in [0.15, 0.2) is 5.96 Å². The predicted molar refractivity (Wildman–Crippen MR) is 65.7 cm³/mol. The number of aliphatic imine (C=N–C) groups is 1. The first-order valence-electron chi connectivity index (χ1n) is 6.59. The number of nitrogens with one attached hydrogen (secondary N) is 2. The highest BCUT2D eigenvalue weighted by Crippen LogP contribution is 2.20. The van der Waals surface area contributed by atoms with Crippen LogP contribution in [0.5, 0.6) is 0 Å². The van der Waals surface area contributed by atoms with Crippen LogP contribution in [0.25, 0.3) is 0 Å². The lowest BCUT2D eigenvalue weighted by atomic mass is 10.3. The first-order chi connectivity index (χ1) is 7.95. The van der Waals surface area contributed by atoms with Gasteiger partial charge in [0.1, 0.15) is 0 Å². The average Bonchev–Trinajstić information content (AvgIpc) is 2.83. The molecule has 4 heteroatoms. The zero-order chi connectivity index (χ0) is 11.1. The minimum Gasteiger partial charge on any atom is -0.378 e. The lowest BCUT2D eigenvalue weighted by Gasteiger charge is -2.16. The summed E-state index contributed by atoms with van der Waals surface area (Å²) in [7, 11) is 0. The van der Waals surface area contributed by atoms with Crippen LogP contribution in [0.1, 0.15) is 38.5 Å². The Bertz CT molecular complexity index is 224. The van der Waals surface area contributed by atoms with Gasteiger partial charge in [0.25, 0.3) is 0 Å². The maximum absolute atomic E-state index is 5.79. The summed E-state index contributed by atoms with van der Waals surface area (Å²) in [5.74, 6) is 0.965. The maximum atomic E-state index is 5.79. The third-order valence-corrected chi connectivity index (χ3v) is 3.17. The summed E-state index contributed by atoms with van der Waals surface area (Å²) in [6.07, 6.45) is 7.99. The van der Waals surface area contributed by atoms with Crippen molar-refractivity contribution in [2.75, 3.05) is 26.2 Å². The SMILES string of the molecule is C1CN=C(NCCCOC2CCCC2)NC1. The molecule has 1 aliphatic heterocycles. The lowest BCUT2D eigenvalue weighted by Crippen LogP contribution is -2.41. The first kappa shape index (κ1) is 11.7. The molecular weight excluding hydrogens is 202 g/mol. The van der Waals surface area contributed by atoms with Crippen molar-refractivity contribution in [2.24, 2.45) is 4.99 Å². The second kappa shape index (κ2) is 6.74. The van der Waals surface area contributed by atoms with Crippen molar-refractivity contribution in [1.29, 1.82) is 0 Å². The van der Waals surface area contributed by atoms with E-state index in [-0.39, 0.29) is 0 Å². The minimum absolute atomic E-state index is 0.546. The summed E-state index contributed by atoms with van der Waals surface area (Å²) >= 11 is 0. The number of rotatable bonds is 5. The summed E-state index contributed by atoms with van der Waals surface area (Å²) in [6, 6.07) is 0. The third-order valence-electron chi connectivity index (χ3n) is 3.17. The third kappa shape index (κ3) is 4.00. The summed E-state index contributed by atoms with van der Waals surface area (Å²) in [4.78, 5) is 4.36. The lowest BCUT2D eigenvalue weighted by molar-refractivity contribution is 0.0574. The van der Waals surface area contributed by atoms with Gasteiger partial charge >= 0.3 is 0 Å². The molecule has 2 N–H and O–H groups in total. The fourth-order valence-corrected chi connectivity index (χ4v) is 2.23. The molecule has 2 aliphatic rings. The normalized spacial score (nSPS) is 21.6. The van der Waals surface area contributed by atoms with Gasteiger partial charge in [-0.2, -0.15) is 0 Å². The molecule has 0 radical (unpaired) electrons. The van der Waals surface area contributed by atoms with Gasteiger partial charge in [0.05, 0.1) is 6.10 Å². The van der Waals surface area contributed by atoms with Crippen molar-refractivity contribution in [3.05, 3.63) is 0 Å². The highest BCUT2D eigenvalue weighted by molar-refractivity contribution is 5.80. The summed E-state index contributed by atoms with van der Waals surface area (Å²) in [5, 5.41) is 6.56. The molecule has 1 aliphatic carbocycles. The van der Waals surface area contributed by atoms with E-state index in [9.17, 15) is 0 Å². The van der Waals surface area contributed by atoms with E-state index in [4.69, 9.17) is 4.74 Å². The van der Waals surface area contributed by atoms with Crippen LogP contribution in [0, 0.1) is 0 Å². The molecule has 16 heavy (non-hydrogen) atoms. The smallest absolute Gasteiger partial charge is 0.191 e. The van der Waals surface area contributed by atoms with Gasteiger partial charge in [-0.1, -0.05) is 12.8 Å². The van der Waals surface area contributed by atoms with E-state index >= 15 is 0 Å². The number of hydrogen-bond donors (Lipinski definition) is 2. The quantitative estimate of drug-likeness (QED) is 0.693. The molecule has 1 fully saturated rings. The largest absolute Gasteiger partial charge is 0.378 e. The van der Waals surface area contributed by atoms with E-state index in [1.165, 1.54) is 25.7 Å². The summed E-state index contributed by atoms with van der Waals surface area (Å²) in [5.41, 5.74) is 0. The second-order valence-electron chi connectivity index (χ2n) is 4.57. The minimum atomic E-state index is 0.546. The highest BCUT2D eigenvalue weighted by atomic mass is 16.5. The molecule has 0 amide bonds. The second-order valence-corrected chi connectivity index (χ2v) is 4.57. The fraction of sp³-hybridized carbons (Fsp3) is 0.917. The van der Waals surface area contributed by atoms with E-state index in [2.05, 4.69) is 15.6 Å². The Morgan fingerprint density at radius 1 is 1.31 bits per heavy atom. The van der Waals surface area contributed by atoms with Crippen LogP contribution in [0.3, 0.4) is 0 Å². The highest BCUT2D eigenvalue weighted by Gasteiger charge is 2.14. The van der Waals surface area contributed by atoms with E-state index in [1.807, 2.05) is 0 Å². The van der Waals surface area contributed by atoms with Crippen LogP contribution >= 0.6 is 0 Å². The van der Waals surface area contributed by atoms with Crippen LogP contribution in [-0.4, -0.2) is 38.3 Å². The van der Waals surface area contributed by atoms with Crippen molar-refractivity contribution in [3.63, 3.8) is 0 Å². The molecule has 0 aromatic carbocycles. The van der Waals surface area contributed by atoms with Gasteiger partial charge in [-0.15, -0.1) is 0 Å². The van der Waals surface area contributed by atoms with Crippen molar-refractivity contribution in [1.82, 2.24) is 10.6 Å². The molecular formula is C12H23N3O. The topological polar surface area (TPSA) is 45.7 Å². The average molecular weight is 225 g/mol. The number of ether oxygens (including phenoxy) is 1. The van der Waals surface area contributed by atoms with Crippen molar-refractivity contribution in [2.45, 2.75) is 44.6 Å². The number of hydrogen-bond acceptors (Lipinski definition) is 4. The fourth-order valence-electron chi connectivity index (χ4n) is 2.23. The molecule has 4 nitrogen and oxygen atoms in total. The monoisotopic (exact) mass is 225 g/mol. The maximum Gasteiger partial charge on any atom is 0.191 e. The molecule has 0 aromatic rings. The molecule has 92 valence electrons. The Morgan fingerprint density at radius 3 is 2.94 bits per heavy atom. The molecule has 0 atom stereocenters. The van der Waals surface area contributed by atoms with Crippen LogP contribution in [-0.2, 0) is 4.74 Å². The van der Waals surface area contributed by atoms with Crippen molar-refractivity contribution >= 4 is 5.96 Å². The predicted octanol–water partition coefficient (Wildman–Crippen LogP) is 1.27. The first-order valence-corrected chi connectivity index (χ1v) is 6.59. The van der Waals surface area contributed by atoms with Gasteiger partial charge in [0.2, 0.25) is 0 Å². The molecule has 0 saturated heterocycles. The van der Waals surface area contributed by atoms with E-state index in [0.29, 0.717) is 6.10 Å². The van der Waals surface area contributed by atoms with E-state index in [0.717, 1.165) is 45.0 Å². The van der Waals surface area contributed by atoms with E-state index in [1.54, 1.807) is 0 Å². The Balaban J connectivity index is 1.46. The van der Waals surface area contributed by atoms with Crippen molar-refractivity contribution in [3.8, 4) is 0 Å². The van der Waals surface area contributed by atoms with E-state index < -0.39 is 0 Å². The van der Waals surface area contributed by atoms with Crippen LogP contribution in [0.2, 0.25) is 0 Å². The zero-order valence-electron chi connectivity index (χ0n) is 10.0. The number of nitrogens with zero attached hydrogens (tertiary/aromatic N) is 1. The molecule has 2 rings (SSSR count). The Kier molecular flexibility index (Phi) is 4.93. The number of guanidine groups is 1. The Morgan fingerprint density at radius 2 is 2.19 bits per heavy atom. The molecule has 0 bridgehead atoms. The molecule has 0 aromatic heterocycles. The standard InChI is InChI=1S/C12H23N3O/c1-2-6-11(5-1)16-10-4-9-15-12-13-7-3-8-14-12/h11H,1-10H2,(H2,13,14,15). The summed E-state index contributed by atoms with van der Waals surface area (Å²) in [6.45, 7) is 3.84. The molecule has 1 saturated carbocycles. The summed E-state index contributed by atoms with van der Waals surface area (Å²) < 4.78 is 5.79. The van der Waals surface area contributed by atoms with Crippen molar-refractivity contribution < 1.29 is 4.74 Å². The van der Waals surface area contributed by atoms with Gasteiger partial charge < -0.3 is 15.4 Å². The zero-order valence-corrected chi connectivity index (χ0v) is 10.0. The van der Waals surface area contributed by atoms with Gasteiger partial charge in [-0.3, -0.25) is 4.99 Å². The molecule has 1 heterocycles. The van der Waals surface area contributed by atoms with Gasteiger partial charge in [-0.05, 0) is 25.7 Å². The van der Waals surface area contributed by atoms with Gasteiger partial charge in [0, 0.05) is 26.2 Å². The molecule has 0 unspecified atom stereocenters. The Labute approximate surface area is 97.9 Å². The van der Waals surface area contributed by atoms with Crippen LogP contribution in [0.15, 0.2) is 4.99 Å². The van der Waals surface area contributed by atoms with Gasteiger partial charge in [-0.25, -0.2) is 0 Å². The van der Waals surface area contributed by atoms with Crippen LogP contribution in [0.4, 0.5) is 0 Å². The Hall–Kier alpha value is -0.770. The van der Waals surface area contributed by atoms with Crippen LogP contribution < -0.4 is 10.6 Å². The molecule has 0 spiro atoms.